The zero-order valence-electron chi connectivity index (χ0n) is 11.1. The minimum atomic E-state index is -3.27. The molecule has 1 aliphatic heterocycles. The lowest BCUT2D eigenvalue weighted by Gasteiger charge is -2.32. The molecular weight excluding hydrogens is 290 g/mol. The van der Waals surface area contributed by atoms with E-state index in [1.54, 1.807) is 0 Å². The molecule has 0 spiro atoms. The highest BCUT2D eigenvalue weighted by atomic mass is 32.2. The van der Waals surface area contributed by atoms with Crippen LogP contribution in [-0.2, 0) is 20.0 Å². The molecule has 2 fully saturated rings. The van der Waals surface area contributed by atoms with E-state index in [0.29, 0.717) is 12.6 Å². The van der Waals surface area contributed by atoms with Crippen molar-refractivity contribution in [1.29, 1.82) is 0 Å². The third-order valence-electron chi connectivity index (χ3n) is 3.43. The van der Waals surface area contributed by atoms with Crippen molar-refractivity contribution in [1.82, 2.24) is 13.9 Å². The van der Waals surface area contributed by atoms with E-state index in [1.807, 2.05) is 0 Å². The van der Waals surface area contributed by atoms with Crippen LogP contribution in [0.25, 0.3) is 0 Å². The minimum absolute atomic E-state index is 0.0857. The van der Waals surface area contributed by atoms with Gasteiger partial charge in [-0.25, -0.2) is 16.8 Å². The summed E-state index contributed by atoms with van der Waals surface area (Å²) in [6.45, 7) is 1.46. The fraction of sp³-hybridized carbons (Fsp3) is 1.00. The monoisotopic (exact) mass is 311 g/mol. The number of nitrogens with one attached hydrogen (secondary N) is 1. The van der Waals surface area contributed by atoms with Crippen LogP contribution >= 0.6 is 0 Å². The largest absolute Gasteiger partial charge is 0.313 e. The van der Waals surface area contributed by atoms with Crippen LogP contribution < -0.4 is 5.32 Å². The Kier molecular flexibility index (Phi) is 4.51. The molecule has 0 aromatic heterocycles. The molecule has 0 unspecified atom stereocenters. The summed E-state index contributed by atoms with van der Waals surface area (Å²) in [5, 5.41) is 3.17. The van der Waals surface area contributed by atoms with Crippen molar-refractivity contribution in [3.05, 3.63) is 0 Å². The predicted octanol–water partition coefficient (Wildman–Crippen LogP) is -1.35. The summed E-state index contributed by atoms with van der Waals surface area (Å²) >= 11 is 0. The molecule has 112 valence electrons. The van der Waals surface area contributed by atoms with Gasteiger partial charge in [-0.3, -0.25) is 0 Å². The Morgan fingerprint density at radius 2 is 1.53 bits per heavy atom. The second kappa shape index (κ2) is 5.65. The first-order valence-electron chi connectivity index (χ1n) is 6.45. The van der Waals surface area contributed by atoms with Crippen LogP contribution in [0.5, 0.6) is 0 Å². The summed E-state index contributed by atoms with van der Waals surface area (Å²) in [6, 6.07) is 0.497. The van der Waals surface area contributed by atoms with Crippen LogP contribution in [0.2, 0.25) is 0 Å². The van der Waals surface area contributed by atoms with Gasteiger partial charge in [0.25, 0.3) is 0 Å². The first-order chi connectivity index (χ1) is 8.79. The topological polar surface area (TPSA) is 86.8 Å². The molecule has 0 aromatic carbocycles. The fourth-order valence-corrected chi connectivity index (χ4v) is 4.27. The number of piperazine rings is 1. The van der Waals surface area contributed by atoms with Gasteiger partial charge >= 0.3 is 0 Å². The molecule has 2 rings (SSSR count). The van der Waals surface area contributed by atoms with Crippen LogP contribution in [0, 0.1) is 0 Å². The fourth-order valence-electron chi connectivity index (χ4n) is 2.09. The Bertz CT molecular complexity index is 505. The summed E-state index contributed by atoms with van der Waals surface area (Å²) in [5.41, 5.74) is 0. The molecule has 0 bridgehead atoms. The molecule has 1 heterocycles. The first kappa shape index (κ1) is 15.2. The molecule has 1 saturated heterocycles. The second-order valence-corrected chi connectivity index (χ2v) is 9.18. The molecule has 0 aromatic rings. The average molecular weight is 311 g/mol. The molecule has 1 aliphatic carbocycles. The van der Waals surface area contributed by atoms with Crippen molar-refractivity contribution in [2.75, 3.05) is 44.7 Å². The molecule has 9 heteroatoms. The van der Waals surface area contributed by atoms with Crippen molar-refractivity contribution < 1.29 is 16.8 Å². The van der Waals surface area contributed by atoms with Crippen molar-refractivity contribution in [3.8, 4) is 0 Å². The maximum absolute atomic E-state index is 12.1. The lowest BCUT2D eigenvalue weighted by molar-refractivity contribution is 0.274. The van der Waals surface area contributed by atoms with E-state index in [9.17, 15) is 16.8 Å². The first-order valence-corrected chi connectivity index (χ1v) is 9.91. The van der Waals surface area contributed by atoms with Gasteiger partial charge in [0.15, 0.2) is 0 Å². The van der Waals surface area contributed by atoms with Crippen LogP contribution in [0.3, 0.4) is 0 Å². The number of rotatable bonds is 6. The predicted molar refractivity (Wildman–Crippen MR) is 72.8 cm³/mol. The van der Waals surface area contributed by atoms with E-state index in [0.717, 1.165) is 19.1 Å². The maximum Gasteiger partial charge on any atom is 0.215 e. The van der Waals surface area contributed by atoms with E-state index >= 15 is 0 Å². The van der Waals surface area contributed by atoms with E-state index in [-0.39, 0.29) is 31.9 Å². The van der Waals surface area contributed by atoms with Crippen molar-refractivity contribution in [3.63, 3.8) is 0 Å². The van der Waals surface area contributed by atoms with Crippen LogP contribution in [-0.4, -0.2) is 76.2 Å². The van der Waals surface area contributed by atoms with E-state index in [1.165, 1.54) is 8.61 Å². The van der Waals surface area contributed by atoms with Crippen molar-refractivity contribution in [2.45, 2.75) is 18.9 Å². The number of nitrogens with zero attached hydrogens (tertiary/aromatic N) is 2. The molecule has 7 nitrogen and oxygen atoms in total. The van der Waals surface area contributed by atoms with Gasteiger partial charge in [-0.1, -0.05) is 0 Å². The van der Waals surface area contributed by atoms with Crippen LogP contribution in [0.4, 0.5) is 0 Å². The van der Waals surface area contributed by atoms with Gasteiger partial charge in [0, 0.05) is 38.8 Å². The lowest BCUT2D eigenvalue weighted by atomic mass is 10.4. The normalized spacial score (nSPS) is 23.6. The van der Waals surface area contributed by atoms with E-state index in [2.05, 4.69) is 5.32 Å². The standard InChI is InChI=1S/C10H21N3O4S2/c1-18(14,15)12-5-7-13(8-6-12)19(16,17)9-4-11-10-2-3-10/h10-11H,2-9H2,1H3. The molecule has 0 amide bonds. The van der Waals surface area contributed by atoms with Crippen molar-refractivity contribution >= 4 is 20.0 Å². The highest BCUT2D eigenvalue weighted by molar-refractivity contribution is 7.89. The Morgan fingerprint density at radius 3 is 2.00 bits per heavy atom. The zero-order valence-corrected chi connectivity index (χ0v) is 12.7. The summed E-state index contributed by atoms with van der Waals surface area (Å²) in [7, 11) is -6.49. The molecule has 19 heavy (non-hydrogen) atoms. The second-order valence-electron chi connectivity index (χ2n) is 5.11. The Balaban J connectivity index is 1.81. The molecular formula is C10H21N3O4S2. The third kappa shape index (κ3) is 4.38. The number of sulfonamides is 2. The third-order valence-corrected chi connectivity index (χ3v) is 6.61. The maximum atomic E-state index is 12.1. The quantitative estimate of drug-likeness (QED) is 0.655. The molecule has 2 aliphatic rings. The Labute approximate surface area is 115 Å². The van der Waals surface area contributed by atoms with E-state index in [4.69, 9.17) is 0 Å². The van der Waals surface area contributed by atoms with Crippen molar-refractivity contribution in [2.24, 2.45) is 0 Å². The van der Waals surface area contributed by atoms with Crippen LogP contribution in [0.15, 0.2) is 0 Å². The van der Waals surface area contributed by atoms with Gasteiger partial charge in [-0.05, 0) is 12.8 Å². The number of hydrogen-bond donors (Lipinski definition) is 1. The zero-order chi connectivity index (χ0) is 14.1. The van der Waals surface area contributed by atoms with Gasteiger partial charge in [0.05, 0.1) is 12.0 Å². The number of hydrogen-bond acceptors (Lipinski definition) is 5. The highest BCUT2D eigenvalue weighted by Gasteiger charge is 2.30. The molecule has 0 radical (unpaired) electrons. The molecule has 1 saturated carbocycles. The van der Waals surface area contributed by atoms with Crippen LogP contribution in [0.1, 0.15) is 12.8 Å². The summed E-state index contributed by atoms with van der Waals surface area (Å²) in [5.74, 6) is 0.0857. The molecule has 0 atom stereocenters. The Hall–Kier alpha value is -0.220. The van der Waals surface area contributed by atoms with E-state index < -0.39 is 20.0 Å². The average Bonchev–Trinajstić information content (AvgIpc) is 3.12. The van der Waals surface area contributed by atoms with Gasteiger partial charge in [0.2, 0.25) is 20.0 Å². The minimum Gasteiger partial charge on any atom is -0.313 e. The SMILES string of the molecule is CS(=O)(=O)N1CCN(S(=O)(=O)CCNC2CC2)CC1. The molecule has 1 N–H and O–H groups in total. The lowest BCUT2D eigenvalue weighted by Crippen LogP contribution is -2.51. The van der Waals surface area contributed by atoms with Gasteiger partial charge in [-0.2, -0.15) is 8.61 Å². The Morgan fingerprint density at radius 1 is 1.00 bits per heavy atom. The summed E-state index contributed by atoms with van der Waals surface area (Å²) in [6.07, 6.45) is 3.41. The van der Waals surface area contributed by atoms with Gasteiger partial charge in [0.1, 0.15) is 0 Å². The highest BCUT2D eigenvalue weighted by Crippen LogP contribution is 2.18. The van der Waals surface area contributed by atoms with Gasteiger partial charge in [-0.15, -0.1) is 0 Å². The smallest absolute Gasteiger partial charge is 0.215 e. The summed E-state index contributed by atoms with van der Waals surface area (Å²) < 4.78 is 49.5. The summed E-state index contributed by atoms with van der Waals surface area (Å²) in [4.78, 5) is 0. The van der Waals surface area contributed by atoms with Gasteiger partial charge < -0.3 is 5.32 Å².